The van der Waals surface area contributed by atoms with Gasteiger partial charge in [-0.15, -0.1) is 0 Å². The number of hydrogen-bond acceptors (Lipinski definition) is 3. The molecule has 0 saturated heterocycles. The maximum absolute atomic E-state index is 11.2. The zero-order valence-corrected chi connectivity index (χ0v) is 12.7. The molecule has 1 aromatic heterocycles. The van der Waals surface area contributed by atoms with Crippen LogP contribution in [0.25, 0.3) is 16.7 Å². The first-order chi connectivity index (χ1) is 10.1. The van der Waals surface area contributed by atoms with Crippen LogP contribution >= 0.6 is 15.9 Å². The first kappa shape index (κ1) is 13.6. The van der Waals surface area contributed by atoms with Crippen LogP contribution in [0.4, 0.5) is 0 Å². The normalized spacial score (nSPS) is 10.8. The Balaban J connectivity index is 2.22. The second-order valence-electron chi connectivity index (χ2n) is 4.41. The zero-order valence-electron chi connectivity index (χ0n) is 11.1. The van der Waals surface area contributed by atoms with Crippen molar-refractivity contribution in [3.63, 3.8) is 0 Å². The Kier molecular flexibility index (Phi) is 3.39. The molecule has 5 nitrogen and oxygen atoms in total. The standard InChI is InChI=1S/C15H11BrN2O3/c1-21-13-7-9(5-6-11(13)16)18-8-17-14-10(15(19)20)3-2-4-12(14)18/h2-8H,1H3,(H,19,20). The van der Waals surface area contributed by atoms with E-state index in [0.29, 0.717) is 11.3 Å². The van der Waals surface area contributed by atoms with Crippen LogP contribution in [0, 0.1) is 0 Å². The van der Waals surface area contributed by atoms with Gasteiger partial charge in [0, 0.05) is 6.07 Å². The molecule has 0 amide bonds. The zero-order chi connectivity index (χ0) is 15.0. The van der Waals surface area contributed by atoms with Gasteiger partial charge in [0.15, 0.2) is 0 Å². The summed E-state index contributed by atoms with van der Waals surface area (Å²) in [6.45, 7) is 0. The molecule has 1 heterocycles. The van der Waals surface area contributed by atoms with Gasteiger partial charge in [-0.1, -0.05) is 6.07 Å². The smallest absolute Gasteiger partial charge is 0.337 e. The van der Waals surface area contributed by atoms with E-state index in [4.69, 9.17) is 4.74 Å². The van der Waals surface area contributed by atoms with Crippen LogP contribution in [0.1, 0.15) is 10.4 Å². The van der Waals surface area contributed by atoms with Gasteiger partial charge in [0.05, 0.1) is 28.4 Å². The summed E-state index contributed by atoms with van der Waals surface area (Å²) in [6, 6.07) is 10.7. The fraction of sp³-hybridized carbons (Fsp3) is 0.0667. The van der Waals surface area contributed by atoms with Gasteiger partial charge in [-0.2, -0.15) is 0 Å². The van der Waals surface area contributed by atoms with E-state index < -0.39 is 5.97 Å². The van der Waals surface area contributed by atoms with E-state index in [9.17, 15) is 9.90 Å². The first-order valence-electron chi connectivity index (χ1n) is 6.15. The number of aromatic nitrogens is 2. The Morgan fingerprint density at radius 2 is 2.14 bits per heavy atom. The van der Waals surface area contributed by atoms with Crippen molar-refractivity contribution in [2.24, 2.45) is 0 Å². The van der Waals surface area contributed by atoms with Crippen molar-refractivity contribution in [1.82, 2.24) is 9.55 Å². The average molecular weight is 347 g/mol. The molecular weight excluding hydrogens is 336 g/mol. The molecule has 0 aliphatic carbocycles. The summed E-state index contributed by atoms with van der Waals surface area (Å²) in [7, 11) is 1.60. The number of hydrogen-bond donors (Lipinski definition) is 1. The second-order valence-corrected chi connectivity index (χ2v) is 5.27. The van der Waals surface area contributed by atoms with Gasteiger partial charge in [-0.05, 0) is 40.2 Å². The molecule has 0 atom stereocenters. The van der Waals surface area contributed by atoms with Crippen LogP contribution in [0.2, 0.25) is 0 Å². The minimum absolute atomic E-state index is 0.190. The van der Waals surface area contributed by atoms with Gasteiger partial charge in [0.2, 0.25) is 0 Å². The summed E-state index contributed by atoms with van der Waals surface area (Å²) in [6.07, 6.45) is 1.61. The molecule has 0 radical (unpaired) electrons. The van der Waals surface area contributed by atoms with Gasteiger partial charge in [0.1, 0.15) is 17.6 Å². The lowest BCUT2D eigenvalue weighted by Gasteiger charge is -2.08. The van der Waals surface area contributed by atoms with Crippen LogP contribution < -0.4 is 4.74 Å². The highest BCUT2D eigenvalue weighted by Gasteiger charge is 2.13. The number of nitrogens with zero attached hydrogens (tertiary/aromatic N) is 2. The van der Waals surface area contributed by atoms with Crippen molar-refractivity contribution in [3.05, 3.63) is 52.8 Å². The number of methoxy groups -OCH3 is 1. The van der Waals surface area contributed by atoms with E-state index in [0.717, 1.165) is 15.7 Å². The number of carbonyl (C=O) groups is 1. The highest BCUT2D eigenvalue weighted by atomic mass is 79.9. The molecule has 0 aliphatic rings. The van der Waals surface area contributed by atoms with Gasteiger partial charge in [-0.3, -0.25) is 4.57 Å². The molecule has 3 rings (SSSR count). The monoisotopic (exact) mass is 346 g/mol. The predicted octanol–water partition coefficient (Wildman–Crippen LogP) is 3.49. The Hall–Kier alpha value is -2.34. The second kappa shape index (κ2) is 5.21. The number of fused-ring (bicyclic) bond motifs is 1. The van der Waals surface area contributed by atoms with E-state index in [1.54, 1.807) is 25.6 Å². The Bertz CT molecular complexity index is 842. The van der Waals surface area contributed by atoms with Crippen molar-refractivity contribution in [1.29, 1.82) is 0 Å². The lowest BCUT2D eigenvalue weighted by atomic mass is 10.2. The summed E-state index contributed by atoms with van der Waals surface area (Å²) >= 11 is 3.41. The topological polar surface area (TPSA) is 64.4 Å². The summed E-state index contributed by atoms with van der Waals surface area (Å²) in [5, 5.41) is 9.21. The Morgan fingerprint density at radius 3 is 2.86 bits per heavy atom. The number of rotatable bonds is 3. The number of ether oxygens (including phenoxy) is 1. The summed E-state index contributed by atoms with van der Waals surface area (Å²) in [5.41, 5.74) is 2.24. The van der Waals surface area contributed by atoms with Crippen molar-refractivity contribution in [3.8, 4) is 11.4 Å². The van der Waals surface area contributed by atoms with Crippen LogP contribution in [0.15, 0.2) is 47.2 Å². The quantitative estimate of drug-likeness (QED) is 0.788. The summed E-state index contributed by atoms with van der Waals surface area (Å²) in [5.74, 6) is -0.289. The van der Waals surface area contributed by atoms with Gasteiger partial charge >= 0.3 is 5.97 Å². The molecular formula is C15H11BrN2O3. The molecule has 21 heavy (non-hydrogen) atoms. The van der Waals surface area contributed by atoms with Gasteiger partial charge in [0.25, 0.3) is 0 Å². The predicted molar refractivity (Wildman–Crippen MR) is 82.3 cm³/mol. The Morgan fingerprint density at radius 1 is 1.33 bits per heavy atom. The molecule has 0 aliphatic heterocycles. The maximum atomic E-state index is 11.2. The molecule has 0 bridgehead atoms. The third-order valence-electron chi connectivity index (χ3n) is 3.22. The highest BCUT2D eigenvalue weighted by Crippen LogP contribution is 2.29. The maximum Gasteiger partial charge on any atom is 0.337 e. The molecule has 6 heteroatoms. The van der Waals surface area contributed by atoms with Gasteiger partial charge in [-0.25, -0.2) is 9.78 Å². The molecule has 1 N–H and O–H groups in total. The van der Waals surface area contributed by atoms with E-state index >= 15 is 0 Å². The van der Waals surface area contributed by atoms with E-state index in [-0.39, 0.29) is 5.56 Å². The van der Waals surface area contributed by atoms with Crippen LogP contribution in [-0.4, -0.2) is 27.7 Å². The third-order valence-corrected chi connectivity index (χ3v) is 3.87. The number of halogens is 1. The van der Waals surface area contributed by atoms with Crippen molar-refractivity contribution in [2.45, 2.75) is 0 Å². The van der Waals surface area contributed by atoms with Crippen molar-refractivity contribution in [2.75, 3.05) is 7.11 Å². The van der Waals surface area contributed by atoms with Crippen molar-refractivity contribution >= 4 is 32.9 Å². The number of carboxylic acid groups (broad SMARTS) is 1. The van der Waals surface area contributed by atoms with Crippen LogP contribution in [0.3, 0.4) is 0 Å². The van der Waals surface area contributed by atoms with Crippen LogP contribution in [0.5, 0.6) is 5.75 Å². The van der Waals surface area contributed by atoms with Crippen LogP contribution in [-0.2, 0) is 0 Å². The first-order valence-corrected chi connectivity index (χ1v) is 6.94. The number of imidazole rings is 1. The minimum Gasteiger partial charge on any atom is -0.495 e. The number of para-hydroxylation sites is 1. The molecule has 2 aromatic carbocycles. The fourth-order valence-electron chi connectivity index (χ4n) is 2.22. The van der Waals surface area contributed by atoms with Gasteiger partial charge < -0.3 is 9.84 Å². The molecule has 106 valence electrons. The van der Waals surface area contributed by atoms with Crippen molar-refractivity contribution < 1.29 is 14.6 Å². The van der Waals surface area contributed by atoms with E-state index in [1.165, 1.54) is 0 Å². The molecule has 3 aromatic rings. The fourth-order valence-corrected chi connectivity index (χ4v) is 2.62. The SMILES string of the molecule is COc1cc(-n2cnc3c(C(=O)O)cccc32)ccc1Br. The summed E-state index contributed by atoms with van der Waals surface area (Å²) < 4.78 is 7.96. The number of benzene rings is 2. The van der Waals surface area contributed by atoms with E-state index in [2.05, 4.69) is 20.9 Å². The Labute approximate surface area is 128 Å². The highest BCUT2D eigenvalue weighted by molar-refractivity contribution is 9.10. The largest absolute Gasteiger partial charge is 0.495 e. The number of carboxylic acids is 1. The molecule has 0 unspecified atom stereocenters. The molecule has 0 fully saturated rings. The summed E-state index contributed by atoms with van der Waals surface area (Å²) in [4.78, 5) is 15.5. The molecule has 0 spiro atoms. The average Bonchev–Trinajstić information content (AvgIpc) is 2.91. The lowest BCUT2D eigenvalue weighted by Crippen LogP contribution is -1.98. The lowest BCUT2D eigenvalue weighted by molar-refractivity contribution is 0.0699. The van der Waals surface area contributed by atoms with E-state index in [1.807, 2.05) is 28.8 Å². The number of aromatic carboxylic acids is 1. The molecule has 0 saturated carbocycles. The third kappa shape index (κ3) is 2.27. The minimum atomic E-state index is -0.987.